The van der Waals surface area contributed by atoms with Crippen molar-refractivity contribution < 1.29 is 9.53 Å². The summed E-state index contributed by atoms with van der Waals surface area (Å²) in [6.45, 7) is 4.25. The van der Waals surface area contributed by atoms with E-state index < -0.39 is 0 Å². The normalized spacial score (nSPS) is 12.3. The Labute approximate surface area is 106 Å². The molecular formula is C11H16ClN3O2. The summed E-state index contributed by atoms with van der Waals surface area (Å²) in [4.78, 5) is 21.1. The minimum absolute atomic E-state index is 0.0871. The molecule has 1 rings (SSSR count). The smallest absolute Gasteiger partial charge is 0.156 e. The lowest BCUT2D eigenvalue weighted by atomic mass is 10.2. The number of hydrogen-bond acceptors (Lipinski definition) is 5. The van der Waals surface area contributed by atoms with Gasteiger partial charge in [-0.05, 0) is 13.8 Å². The first kappa shape index (κ1) is 13.9. The molecule has 0 fully saturated rings. The largest absolute Gasteiger partial charge is 0.383 e. The molecule has 0 saturated carbocycles. The molecule has 0 aliphatic carbocycles. The third-order valence-corrected chi connectivity index (χ3v) is 2.80. The Morgan fingerprint density at radius 3 is 2.71 bits per heavy atom. The summed E-state index contributed by atoms with van der Waals surface area (Å²) in [5.74, 6) is 1.06. The lowest BCUT2D eigenvalue weighted by molar-refractivity contribution is 0.112. The Morgan fingerprint density at radius 1 is 1.53 bits per heavy atom. The number of hydrogen-bond donors (Lipinski definition) is 0. The average Bonchev–Trinajstić information content (AvgIpc) is 2.27. The van der Waals surface area contributed by atoms with Crippen molar-refractivity contribution in [2.75, 3.05) is 25.7 Å². The number of ether oxygens (including phenoxy) is 1. The van der Waals surface area contributed by atoms with Crippen LogP contribution in [0, 0.1) is 6.92 Å². The van der Waals surface area contributed by atoms with Crippen LogP contribution in [-0.2, 0) is 4.74 Å². The number of methoxy groups -OCH3 is 1. The minimum Gasteiger partial charge on any atom is -0.383 e. The fourth-order valence-corrected chi connectivity index (χ4v) is 1.72. The summed E-state index contributed by atoms with van der Waals surface area (Å²) in [5, 5.41) is 0.180. The standard InChI is InChI=1S/C11H16ClN3O2/c1-7(6-17-4)15(3)11-9(5-16)10(12)13-8(2)14-11/h5,7H,6H2,1-4H3. The molecule has 0 aliphatic heterocycles. The molecule has 0 N–H and O–H groups in total. The van der Waals surface area contributed by atoms with Crippen molar-refractivity contribution >= 4 is 23.7 Å². The number of aldehydes is 1. The Bertz CT molecular complexity index is 412. The Kier molecular flexibility index (Phi) is 4.84. The van der Waals surface area contributed by atoms with Crippen LogP contribution in [0.1, 0.15) is 23.1 Å². The average molecular weight is 258 g/mol. The molecule has 1 aromatic rings. The van der Waals surface area contributed by atoms with E-state index in [0.29, 0.717) is 30.1 Å². The second kappa shape index (κ2) is 5.93. The van der Waals surface area contributed by atoms with Crippen LogP contribution in [0.5, 0.6) is 0 Å². The topological polar surface area (TPSA) is 55.3 Å². The van der Waals surface area contributed by atoms with Crippen molar-refractivity contribution in [2.24, 2.45) is 0 Å². The molecule has 5 nitrogen and oxygen atoms in total. The number of nitrogens with zero attached hydrogens (tertiary/aromatic N) is 3. The molecule has 0 spiro atoms. The van der Waals surface area contributed by atoms with E-state index in [2.05, 4.69) is 9.97 Å². The van der Waals surface area contributed by atoms with Gasteiger partial charge in [-0.1, -0.05) is 11.6 Å². The molecule has 0 radical (unpaired) electrons. The lowest BCUT2D eigenvalue weighted by Gasteiger charge is -2.26. The van der Waals surface area contributed by atoms with Gasteiger partial charge in [0.1, 0.15) is 16.8 Å². The fourth-order valence-electron chi connectivity index (χ4n) is 1.46. The highest BCUT2D eigenvalue weighted by Gasteiger charge is 2.18. The highest BCUT2D eigenvalue weighted by Crippen LogP contribution is 2.23. The maximum absolute atomic E-state index is 11.0. The van der Waals surface area contributed by atoms with Crippen LogP contribution >= 0.6 is 11.6 Å². The van der Waals surface area contributed by atoms with Gasteiger partial charge in [0.15, 0.2) is 6.29 Å². The second-order valence-electron chi connectivity index (χ2n) is 3.83. The maximum atomic E-state index is 11.0. The van der Waals surface area contributed by atoms with Crippen LogP contribution in [-0.4, -0.2) is 43.1 Å². The monoisotopic (exact) mass is 257 g/mol. The summed E-state index contributed by atoms with van der Waals surface area (Å²) in [6, 6.07) is 0.0871. The van der Waals surface area contributed by atoms with E-state index in [-0.39, 0.29) is 11.2 Å². The van der Waals surface area contributed by atoms with E-state index in [0.717, 1.165) is 0 Å². The Hall–Kier alpha value is -1.20. The van der Waals surface area contributed by atoms with Crippen LogP contribution in [0.4, 0.5) is 5.82 Å². The zero-order valence-electron chi connectivity index (χ0n) is 10.4. The zero-order chi connectivity index (χ0) is 13.0. The summed E-state index contributed by atoms with van der Waals surface area (Å²) in [6.07, 6.45) is 0.674. The highest BCUT2D eigenvalue weighted by molar-refractivity contribution is 6.32. The predicted molar refractivity (Wildman–Crippen MR) is 66.9 cm³/mol. The number of anilines is 1. The van der Waals surface area contributed by atoms with Crippen LogP contribution < -0.4 is 4.90 Å². The second-order valence-corrected chi connectivity index (χ2v) is 4.19. The SMILES string of the molecule is COCC(C)N(C)c1nc(C)nc(Cl)c1C=O. The summed E-state index contributed by atoms with van der Waals surface area (Å²) >= 11 is 5.92. The molecular weight excluding hydrogens is 242 g/mol. The van der Waals surface area contributed by atoms with Gasteiger partial charge < -0.3 is 9.64 Å². The molecule has 0 saturated heterocycles. The number of rotatable bonds is 5. The summed E-state index contributed by atoms with van der Waals surface area (Å²) < 4.78 is 5.07. The number of aromatic nitrogens is 2. The Balaban J connectivity index is 3.15. The van der Waals surface area contributed by atoms with Gasteiger partial charge in [-0.15, -0.1) is 0 Å². The molecule has 1 heterocycles. The molecule has 0 amide bonds. The summed E-state index contributed by atoms with van der Waals surface area (Å²) in [5.41, 5.74) is 0.308. The molecule has 94 valence electrons. The number of carbonyl (C=O) groups is 1. The van der Waals surface area contributed by atoms with Crippen molar-refractivity contribution in [3.63, 3.8) is 0 Å². The third kappa shape index (κ3) is 3.14. The van der Waals surface area contributed by atoms with E-state index in [1.165, 1.54) is 0 Å². The van der Waals surface area contributed by atoms with E-state index in [9.17, 15) is 4.79 Å². The van der Waals surface area contributed by atoms with Gasteiger partial charge in [0.25, 0.3) is 0 Å². The van der Waals surface area contributed by atoms with Gasteiger partial charge in [-0.25, -0.2) is 9.97 Å². The fraction of sp³-hybridized carbons (Fsp3) is 0.545. The molecule has 1 atom stereocenters. The molecule has 6 heteroatoms. The number of likely N-dealkylation sites (N-methyl/N-ethyl adjacent to an activating group) is 1. The number of aryl methyl sites for hydroxylation is 1. The van der Waals surface area contributed by atoms with Crippen molar-refractivity contribution in [2.45, 2.75) is 19.9 Å². The van der Waals surface area contributed by atoms with E-state index in [4.69, 9.17) is 16.3 Å². The number of carbonyl (C=O) groups excluding carboxylic acids is 1. The highest BCUT2D eigenvalue weighted by atomic mass is 35.5. The predicted octanol–water partition coefficient (Wildman–Crippen LogP) is 1.72. The van der Waals surface area contributed by atoms with Crippen LogP contribution in [0.15, 0.2) is 0 Å². The number of halogens is 1. The molecule has 0 aromatic carbocycles. The van der Waals surface area contributed by atoms with Gasteiger partial charge in [0.2, 0.25) is 0 Å². The molecule has 1 unspecified atom stereocenters. The lowest BCUT2D eigenvalue weighted by Crippen LogP contribution is -2.34. The molecule has 1 aromatic heterocycles. The molecule has 17 heavy (non-hydrogen) atoms. The van der Waals surface area contributed by atoms with Crippen molar-refractivity contribution in [3.8, 4) is 0 Å². The van der Waals surface area contributed by atoms with Crippen LogP contribution in [0.25, 0.3) is 0 Å². The van der Waals surface area contributed by atoms with E-state index in [1.54, 1.807) is 14.0 Å². The van der Waals surface area contributed by atoms with Crippen LogP contribution in [0.2, 0.25) is 5.15 Å². The minimum atomic E-state index is 0.0871. The van der Waals surface area contributed by atoms with E-state index in [1.807, 2.05) is 18.9 Å². The first-order valence-electron chi connectivity index (χ1n) is 5.22. The third-order valence-electron chi connectivity index (χ3n) is 2.51. The molecule has 0 aliphatic rings. The zero-order valence-corrected chi connectivity index (χ0v) is 11.2. The van der Waals surface area contributed by atoms with Gasteiger partial charge in [-0.3, -0.25) is 4.79 Å². The Morgan fingerprint density at radius 2 is 2.18 bits per heavy atom. The van der Waals surface area contributed by atoms with Crippen molar-refractivity contribution in [3.05, 3.63) is 16.5 Å². The first-order chi connectivity index (χ1) is 8.01. The van der Waals surface area contributed by atoms with Crippen LogP contribution in [0.3, 0.4) is 0 Å². The van der Waals surface area contributed by atoms with Gasteiger partial charge in [-0.2, -0.15) is 0 Å². The molecule has 0 bridgehead atoms. The first-order valence-corrected chi connectivity index (χ1v) is 5.60. The van der Waals surface area contributed by atoms with Crippen molar-refractivity contribution in [1.29, 1.82) is 0 Å². The van der Waals surface area contributed by atoms with Gasteiger partial charge >= 0.3 is 0 Å². The maximum Gasteiger partial charge on any atom is 0.156 e. The summed E-state index contributed by atoms with van der Waals surface area (Å²) in [7, 11) is 3.47. The van der Waals surface area contributed by atoms with Gasteiger partial charge in [0.05, 0.1) is 18.2 Å². The van der Waals surface area contributed by atoms with E-state index >= 15 is 0 Å². The van der Waals surface area contributed by atoms with Gasteiger partial charge in [0, 0.05) is 14.2 Å². The van der Waals surface area contributed by atoms with Crippen molar-refractivity contribution in [1.82, 2.24) is 9.97 Å². The quantitative estimate of drug-likeness (QED) is 0.594.